The summed E-state index contributed by atoms with van der Waals surface area (Å²) in [7, 11) is 1.56. The standard InChI is InChI=1S/C27H36FNO.C4H8.C3H6.C2H5NO.2C2H4/c1-5-10-26(30)17-18-29(20-23-13-15-25(28)16-14-23)27(21(3)4)24(6-2)19-22-11-8-7-9-12-22;1-3-4-2;1-3-2;1-3-2-4;2*1-2/h5,7-9,11-16,21,26,30H,1,6,10,17-20H2,2-4H3;3-4H,1-2H3;3H,1H2,2H3;2H,1H3,(H,3,4);2*1-2H2/b27-24-;4-3-;;;;/t26-;;;;;/m0...../s1. The molecule has 0 fully saturated rings. The van der Waals surface area contributed by atoms with E-state index in [1.54, 1.807) is 19.2 Å². The zero-order valence-electron chi connectivity index (χ0n) is 29.4. The van der Waals surface area contributed by atoms with Crippen LogP contribution in [0.5, 0.6) is 0 Å². The van der Waals surface area contributed by atoms with E-state index in [1.807, 2.05) is 51.1 Å². The van der Waals surface area contributed by atoms with Gasteiger partial charge < -0.3 is 15.3 Å². The minimum absolute atomic E-state index is 0.218. The predicted octanol–water partition coefficient (Wildman–Crippen LogP) is 10.3. The fourth-order valence-electron chi connectivity index (χ4n) is 3.95. The lowest BCUT2D eigenvalue weighted by molar-refractivity contribution is -0.109. The minimum atomic E-state index is -0.397. The number of amides is 1. The van der Waals surface area contributed by atoms with E-state index >= 15 is 0 Å². The van der Waals surface area contributed by atoms with Crippen LogP contribution < -0.4 is 5.32 Å². The molecule has 0 bridgehead atoms. The van der Waals surface area contributed by atoms with Gasteiger partial charge in [0.05, 0.1) is 6.10 Å². The molecule has 2 rings (SSSR count). The van der Waals surface area contributed by atoms with Crippen molar-refractivity contribution in [1.29, 1.82) is 0 Å². The van der Waals surface area contributed by atoms with Gasteiger partial charge in [-0.05, 0) is 81.2 Å². The van der Waals surface area contributed by atoms with Gasteiger partial charge in [0.2, 0.25) is 6.41 Å². The van der Waals surface area contributed by atoms with E-state index in [0.29, 0.717) is 31.7 Å². The summed E-state index contributed by atoms with van der Waals surface area (Å²) in [5.41, 5.74) is 5.12. The highest BCUT2D eigenvalue weighted by molar-refractivity contribution is 5.44. The molecule has 1 amide bonds. The first-order valence-electron chi connectivity index (χ1n) is 15.5. The first-order chi connectivity index (χ1) is 21.7. The van der Waals surface area contributed by atoms with Crippen LogP contribution in [0.15, 0.2) is 130 Å². The molecule has 0 aliphatic rings. The number of rotatable bonds is 13. The van der Waals surface area contributed by atoms with Crippen LogP contribution in [0, 0.1) is 11.7 Å². The van der Waals surface area contributed by atoms with Gasteiger partial charge in [-0.1, -0.05) is 87.5 Å². The second-order valence-corrected chi connectivity index (χ2v) is 9.66. The molecule has 0 spiro atoms. The lowest BCUT2D eigenvalue weighted by Gasteiger charge is -2.33. The Labute approximate surface area is 276 Å². The Morgan fingerprint density at radius 3 is 1.80 bits per heavy atom. The Balaban J connectivity index is -0.000000473. The van der Waals surface area contributed by atoms with Crippen molar-refractivity contribution in [2.45, 2.75) is 79.9 Å². The van der Waals surface area contributed by atoms with Gasteiger partial charge in [0.1, 0.15) is 5.82 Å². The average Bonchev–Trinajstić information content (AvgIpc) is 3.07. The smallest absolute Gasteiger partial charge is 0.206 e. The number of aliphatic hydroxyl groups is 1. The second-order valence-electron chi connectivity index (χ2n) is 9.66. The third-order valence-corrected chi connectivity index (χ3v) is 5.85. The molecule has 0 radical (unpaired) electrons. The third-order valence-electron chi connectivity index (χ3n) is 5.85. The van der Waals surface area contributed by atoms with Crippen molar-refractivity contribution in [2.24, 2.45) is 5.92 Å². The molecular formula is C40H63FN2O2. The lowest BCUT2D eigenvalue weighted by atomic mass is 9.94. The highest BCUT2D eigenvalue weighted by atomic mass is 19.1. The van der Waals surface area contributed by atoms with Crippen molar-refractivity contribution in [3.63, 3.8) is 0 Å². The molecule has 2 aromatic rings. The molecule has 2 aromatic carbocycles. The van der Waals surface area contributed by atoms with Crippen molar-refractivity contribution in [1.82, 2.24) is 10.2 Å². The number of carbonyl (C=O) groups is 1. The second kappa shape index (κ2) is 36.2. The van der Waals surface area contributed by atoms with Gasteiger partial charge in [-0.3, -0.25) is 4.79 Å². The van der Waals surface area contributed by atoms with Crippen LogP contribution in [0.25, 0.3) is 0 Å². The van der Waals surface area contributed by atoms with Gasteiger partial charge in [-0.25, -0.2) is 4.39 Å². The summed E-state index contributed by atoms with van der Waals surface area (Å²) >= 11 is 0. The summed E-state index contributed by atoms with van der Waals surface area (Å²) in [6.07, 6.45) is 10.9. The van der Waals surface area contributed by atoms with Crippen LogP contribution in [0.2, 0.25) is 0 Å². The summed E-state index contributed by atoms with van der Waals surface area (Å²) in [5.74, 6) is 0.130. The molecule has 5 heteroatoms. The SMILES string of the molecule is C/C=C\C.C=C.C=C.C=CC.C=CC[C@H](O)CCN(Cc1ccc(F)cc1)/C(=C(/CC)Cc1ccccc1)C(C)C.CNC=O. The molecule has 0 aromatic heterocycles. The van der Waals surface area contributed by atoms with Crippen LogP contribution in [0.4, 0.5) is 4.39 Å². The lowest BCUT2D eigenvalue weighted by Crippen LogP contribution is -2.30. The monoisotopic (exact) mass is 622 g/mol. The van der Waals surface area contributed by atoms with Crippen LogP contribution in [-0.2, 0) is 17.8 Å². The summed E-state index contributed by atoms with van der Waals surface area (Å²) in [6.45, 7) is 33.1. The van der Waals surface area contributed by atoms with Crippen molar-refractivity contribution in [2.75, 3.05) is 13.6 Å². The molecule has 0 unspecified atom stereocenters. The van der Waals surface area contributed by atoms with Gasteiger partial charge in [0, 0.05) is 25.8 Å². The molecule has 0 aliphatic carbocycles. The Kier molecular flexibility index (Phi) is 38.6. The highest BCUT2D eigenvalue weighted by Crippen LogP contribution is 2.27. The van der Waals surface area contributed by atoms with Gasteiger partial charge in [-0.15, -0.1) is 39.5 Å². The number of halogens is 1. The normalized spacial score (nSPS) is 10.5. The Morgan fingerprint density at radius 1 is 0.933 bits per heavy atom. The zero-order chi connectivity index (χ0) is 35.5. The van der Waals surface area contributed by atoms with Crippen molar-refractivity contribution >= 4 is 6.41 Å². The highest BCUT2D eigenvalue weighted by Gasteiger charge is 2.19. The summed E-state index contributed by atoms with van der Waals surface area (Å²) in [4.78, 5) is 11.4. The van der Waals surface area contributed by atoms with Crippen molar-refractivity contribution < 1.29 is 14.3 Å². The molecular weight excluding hydrogens is 559 g/mol. The molecule has 1 atom stereocenters. The first kappa shape index (κ1) is 48.0. The summed E-state index contributed by atoms with van der Waals surface area (Å²) < 4.78 is 13.4. The van der Waals surface area contributed by atoms with Gasteiger partial charge in [-0.2, -0.15) is 0 Å². The molecule has 0 heterocycles. The summed E-state index contributed by atoms with van der Waals surface area (Å²) in [6, 6.07) is 17.3. The van der Waals surface area contributed by atoms with E-state index in [-0.39, 0.29) is 5.82 Å². The van der Waals surface area contributed by atoms with E-state index in [1.165, 1.54) is 29.0 Å². The van der Waals surface area contributed by atoms with Crippen LogP contribution >= 0.6 is 0 Å². The van der Waals surface area contributed by atoms with E-state index in [4.69, 9.17) is 4.79 Å². The van der Waals surface area contributed by atoms with E-state index in [2.05, 4.69) is 94.7 Å². The number of hydrogen-bond acceptors (Lipinski definition) is 3. The number of hydrogen-bond donors (Lipinski definition) is 2. The van der Waals surface area contributed by atoms with Crippen molar-refractivity contribution in [3.05, 3.63) is 147 Å². The van der Waals surface area contributed by atoms with E-state index < -0.39 is 6.10 Å². The maximum atomic E-state index is 13.4. The van der Waals surface area contributed by atoms with Gasteiger partial charge in [0.15, 0.2) is 0 Å². The number of allylic oxidation sites excluding steroid dienone is 5. The fourth-order valence-corrected chi connectivity index (χ4v) is 3.95. The van der Waals surface area contributed by atoms with Crippen LogP contribution in [0.3, 0.4) is 0 Å². The van der Waals surface area contributed by atoms with Crippen LogP contribution in [-0.4, -0.2) is 36.1 Å². The fraction of sp³-hybridized carbons (Fsp3) is 0.375. The summed E-state index contributed by atoms with van der Waals surface area (Å²) in [5, 5.41) is 12.5. The van der Waals surface area contributed by atoms with E-state index in [9.17, 15) is 9.50 Å². The number of nitrogens with one attached hydrogen (secondary N) is 1. The van der Waals surface area contributed by atoms with E-state index in [0.717, 1.165) is 24.9 Å². The quantitative estimate of drug-likeness (QED) is 0.173. The number of nitrogens with zero attached hydrogens (tertiary/aromatic N) is 1. The number of aliphatic hydroxyl groups excluding tert-OH is 1. The maximum Gasteiger partial charge on any atom is 0.206 e. The topological polar surface area (TPSA) is 52.6 Å². The van der Waals surface area contributed by atoms with Gasteiger partial charge in [0.25, 0.3) is 0 Å². The van der Waals surface area contributed by atoms with Gasteiger partial charge >= 0.3 is 0 Å². The first-order valence-corrected chi connectivity index (χ1v) is 15.5. The van der Waals surface area contributed by atoms with Crippen molar-refractivity contribution in [3.8, 4) is 0 Å². The largest absolute Gasteiger partial charge is 0.393 e. The predicted molar refractivity (Wildman–Crippen MR) is 199 cm³/mol. The Morgan fingerprint density at radius 2 is 1.42 bits per heavy atom. The third kappa shape index (κ3) is 27.3. The molecule has 252 valence electrons. The zero-order valence-corrected chi connectivity index (χ0v) is 29.4. The molecule has 0 saturated carbocycles. The molecule has 0 aliphatic heterocycles. The molecule has 0 saturated heterocycles. The average molecular weight is 623 g/mol. The molecule has 2 N–H and O–H groups in total. The molecule has 4 nitrogen and oxygen atoms in total. The Bertz CT molecular complexity index is 1010. The Hall–Kier alpha value is -3.96. The number of carbonyl (C=O) groups excluding carboxylic acids is 1. The minimum Gasteiger partial charge on any atom is -0.393 e. The number of benzene rings is 2. The molecule has 45 heavy (non-hydrogen) atoms. The van der Waals surface area contributed by atoms with Crippen LogP contribution in [0.1, 0.15) is 71.9 Å². The maximum absolute atomic E-state index is 13.4.